The van der Waals surface area contributed by atoms with Gasteiger partial charge in [0.1, 0.15) is 22.9 Å². The number of hydrogen-bond acceptors (Lipinski definition) is 7. The first-order valence-corrected chi connectivity index (χ1v) is 13.0. The van der Waals surface area contributed by atoms with Crippen molar-refractivity contribution in [2.45, 2.75) is 64.2 Å². The van der Waals surface area contributed by atoms with E-state index in [-0.39, 0.29) is 10.8 Å². The summed E-state index contributed by atoms with van der Waals surface area (Å²) in [4.78, 5) is 4.18. The summed E-state index contributed by atoms with van der Waals surface area (Å²) in [5.41, 5.74) is -0.978. The Kier molecular flexibility index (Phi) is 6.92. The standard InChI is InChI=1S/C28H30ClFN4O4/c1-5-27(35,6-2)28(38-19-9-11-21(29)22(30)15-19)12-7-13-34-25(32-33-26(28)34)18-8-10-20(23(14-18)36-4)24-16-31-17(3)37-24/h8-11,14-16,35H,5-7,12-13H2,1-4H3. The van der Waals surface area contributed by atoms with E-state index in [0.717, 1.165) is 11.1 Å². The molecule has 1 unspecified atom stereocenters. The molecule has 0 saturated heterocycles. The van der Waals surface area contributed by atoms with Crippen LogP contribution in [-0.2, 0) is 12.1 Å². The molecule has 1 aliphatic heterocycles. The molecule has 4 aromatic rings. The average Bonchev–Trinajstić information content (AvgIpc) is 3.57. The van der Waals surface area contributed by atoms with Crippen LogP contribution in [0.15, 0.2) is 47.0 Å². The Labute approximate surface area is 225 Å². The quantitative estimate of drug-likeness (QED) is 0.279. The molecule has 200 valence electrons. The van der Waals surface area contributed by atoms with Gasteiger partial charge >= 0.3 is 0 Å². The maximum Gasteiger partial charge on any atom is 0.196 e. The molecule has 2 aromatic carbocycles. The minimum absolute atomic E-state index is 0.000346. The summed E-state index contributed by atoms with van der Waals surface area (Å²) in [7, 11) is 1.60. The molecular weight excluding hydrogens is 511 g/mol. The third kappa shape index (κ3) is 4.23. The van der Waals surface area contributed by atoms with Gasteiger partial charge in [0, 0.05) is 25.1 Å². The Balaban J connectivity index is 1.62. The molecular formula is C28H30ClFN4O4. The summed E-state index contributed by atoms with van der Waals surface area (Å²) in [6.45, 7) is 6.23. The number of hydrogen-bond donors (Lipinski definition) is 1. The lowest BCUT2D eigenvalue weighted by molar-refractivity contribution is -0.162. The summed E-state index contributed by atoms with van der Waals surface area (Å²) in [5.74, 6) is 2.55. The lowest BCUT2D eigenvalue weighted by Crippen LogP contribution is -2.58. The Morgan fingerprint density at radius 3 is 2.63 bits per heavy atom. The van der Waals surface area contributed by atoms with Crippen molar-refractivity contribution in [2.24, 2.45) is 0 Å². The van der Waals surface area contributed by atoms with E-state index in [9.17, 15) is 9.50 Å². The van der Waals surface area contributed by atoms with Crippen molar-refractivity contribution in [3.63, 3.8) is 0 Å². The van der Waals surface area contributed by atoms with Crippen molar-refractivity contribution in [3.8, 4) is 34.2 Å². The minimum atomic E-state index is -1.28. The molecule has 10 heteroatoms. The van der Waals surface area contributed by atoms with Gasteiger partial charge in [0.2, 0.25) is 0 Å². The third-order valence-corrected chi connectivity index (χ3v) is 7.78. The molecule has 0 bridgehead atoms. The van der Waals surface area contributed by atoms with Crippen molar-refractivity contribution in [1.29, 1.82) is 0 Å². The molecule has 5 rings (SSSR count). The van der Waals surface area contributed by atoms with Crippen LogP contribution in [0.5, 0.6) is 11.5 Å². The topological polar surface area (TPSA) is 95.4 Å². The molecule has 0 radical (unpaired) electrons. The van der Waals surface area contributed by atoms with Crippen molar-refractivity contribution < 1.29 is 23.4 Å². The SMILES string of the molecule is CCC(O)(CC)C1(Oc2ccc(Cl)c(F)c2)CCCn2c(-c3ccc(-c4cnc(C)o4)c(OC)c3)nnc21. The fourth-order valence-electron chi connectivity index (χ4n) is 5.34. The van der Waals surface area contributed by atoms with Crippen LogP contribution in [0.25, 0.3) is 22.7 Å². The van der Waals surface area contributed by atoms with Gasteiger partial charge in [-0.25, -0.2) is 9.37 Å². The molecule has 0 fully saturated rings. The monoisotopic (exact) mass is 540 g/mol. The van der Waals surface area contributed by atoms with Crippen LogP contribution in [0.1, 0.15) is 51.2 Å². The number of fused-ring (bicyclic) bond motifs is 1. The Bertz CT molecular complexity index is 1470. The fourth-order valence-corrected chi connectivity index (χ4v) is 5.46. The zero-order valence-corrected chi connectivity index (χ0v) is 22.5. The number of nitrogens with zero attached hydrogens (tertiary/aromatic N) is 4. The highest BCUT2D eigenvalue weighted by molar-refractivity contribution is 6.30. The fraction of sp³-hybridized carbons (Fsp3) is 0.393. The first-order chi connectivity index (χ1) is 18.2. The van der Waals surface area contributed by atoms with Crippen LogP contribution >= 0.6 is 11.6 Å². The number of ether oxygens (including phenoxy) is 2. The van der Waals surface area contributed by atoms with E-state index in [2.05, 4.69) is 15.2 Å². The Morgan fingerprint density at radius 2 is 1.97 bits per heavy atom. The zero-order valence-electron chi connectivity index (χ0n) is 21.8. The summed E-state index contributed by atoms with van der Waals surface area (Å²) in [5, 5.41) is 21.0. The second-order valence-electron chi connectivity index (χ2n) is 9.50. The average molecular weight is 541 g/mol. The van der Waals surface area contributed by atoms with Crippen LogP contribution in [0, 0.1) is 12.7 Å². The Hall–Kier alpha value is -3.43. The van der Waals surface area contributed by atoms with E-state index in [1.165, 1.54) is 12.1 Å². The van der Waals surface area contributed by atoms with Gasteiger partial charge in [0.15, 0.2) is 28.9 Å². The molecule has 1 aliphatic rings. The van der Waals surface area contributed by atoms with Crippen molar-refractivity contribution >= 4 is 11.6 Å². The van der Waals surface area contributed by atoms with Crippen molar-refractivity contribution in [3.05, 3.63) is 65.2 Å². The van der Waals surface area contributed by atoms with E-state index in [1.807, 2.05) is 36.6 Å². The molecule has 0 amide bonds. The third-order valence-electron chi connectivity index (χ3n) is 7.47. The maximum atomic E-state index is 14.3. The highest BCUT2D eigenvalue weighted by Gasteiger charge is 2.56. The highest BCUT2D eigenvalue weighted by atomic mass is 35.5. The lowest BCUT2D eigenvalue weighted by Gasteiger charge is -2.47. The smallest absolute Gasteiger partial charge is 0.196 e. The summed E-state index contributed by atoms with van der Waals surface area (Å²) in [6, 6.07) is 9.98. The van der Waals surface area contributed by atoms with E-state index in [0.29, 0.717) is 61.3 Å². The molecule has 2 aromatic heterocycles. The predicted molar refractivity (Wildman–Crippen MR) is 141 cm³/mol. The molecule has 0 saturated carbocycles. The zero-order chi connectivity index (χ0) is 27.1. The van der Waals surface area contributed by atoms with Crippen LogP contribution in [0.2, 0.25) is 5.02 Å². The molecule has 38 heavy (non-hydrogen) atoms. The number of methoxy groups -OCH3 is 1. The molecule has 0 aliphatic carbocycles. The van der Waals surface area contributed by atoms with Gasteiger partial charge in [-0.15, -0.1) is 10.2 Å². The van der Waals surface area contributed by atoms with Gasteiger partial charge in [0.05, 0.1) is 23.9 Å². The van der Waals surface area contributed by atoms with Gasteiger partial charge in [-0.1, -0.05) is 31.5 Å². The van der Waals surface area contributed by atoms with Gasteiger partial charge in [-0.3, -0.25) is 0 Å². The van der Waals surface area contributed by atoms with Gasteiger partial charge in [0.25, 0.3) is 0 Å². The first kappa shape index (κ1) is 26.2. The number of rotatable bonds is 8. The van der Waals surface area contributed by atoms with Crippen LogP contribution in [0.4, 0.5) is 4.39 Å². The number of aromatic nitrogens is 4. The molecule has 1 N–H and O–H groups in total. The van der Waals surface area contributed by atoms with Crippen molar-refractivity contribution in [1.82, 2.24) is 19.7 Å². The minimum Gasteiger partial charge on any atom is -0.496 e. The molecule has 8 nitrogen and oxygen atoms in total. The second kappa shape index (κ2) is 10.0. The normalized spacial score (nSPS) is 17.3. The van der Waals surface area contributed by atoms with E-state index in [4.69, 9.17) is 25.5 Å². The number of aliphatic hydroxyl groups is 1. The summed E-state index contributed by atoms with van der Waals surface area (Å²) >= 11 is 5.90. The summed E-state index contributed by atoms with van der Waals surface area (Å²) < 4.78 is 34.2. The predicted octanol–water partition coefficient (Wildman–Crippen LogP) is 6.33. The van der Waals surface area contributed by atoms with Gasteiger partial charge in [-0.05, 0) is 49.9 Å². The van der Waals surface area contributed by atoms with Gasteiger partial charge < -0.3 is 23.6 Å². The van der Waals surface area contributed by atoms with Crippen LogP contribution < -0.4 is 9.47 Å². The van der Waals surface area contributed by atoms with E-state index >= 15 is 0 Å². The molecule has 3 heterocycles. The number of halogens is 2. The number of aryl methyl sites for hydroxylation is 1. The van der Waals surface area contributed by atoms with Crippen LogP contribution in [0.3, 0.4) is 0 Å². The number of oxazole rings is 1. The first-order valence-electron chi connectivity index (χ1n) is 12.7. The maximum absolute atomic E-state index is 14.3. The van der Waals surface area contributed by atoms with E-state index in [1.54, 1.807) is 26.3 Å². The Morgan fingerprint density at radius 1 is 1.18 bits per heavy atom. The van der Waals surface area contributed by atoms with Gasteiger partial charge in [-0.2, -0.15) is 0 Å². The highest BCUT2D eigenvalue weighted by Crippen LogP contribution is 2.48. The number of benzene rings is 2. The van der Waals surface area contributed by atoms with Crippen molar-refractivity contribution in [2.75, 3.05) is 7.11 Å². The largest absolute Gasteiger partial charge is 0.496 e. The summed E-state index contributed by atoms with van der Waals surface area (Å²) in [6.07, 6.45) is 3.65. The molecule has 1 atom stereocenters. The second-order valence-corrected chi connectivity index (χ2v) is 9.91. The van der Waals surface area contributed by atoms with E-state index < -0.39 is 17.0 Å². The van der Waals surface area contributed by atoms with Crippen LogP contribution in [-0.4, -0.2) is 37.6 Å². The lowest BCUT2D eigenvalue weighted by atomic mass is 9.73. The molecule has 0 spiro atoms.